The molecular formula is C21H24N4O2S. The van der Waals surface area contributed by atoms with E-state index in [0.29, 0.717) is 23.0 Å². The summed E-state index contributed by atoms with van der Waals surface area (Å²) in [6.45, 7) is 3.83. The van der Waals surface area contributed by atoms with Gasteiger partial charge in [-0.15, -0.1) is 10.2 Å². The minimum Gasteiger partial charge on any atom is -0.495 e. The van der Waals surface area contributed by atoms with Crippen molar-refractivity contribution in [3.8, 4) is 5.75 Å². The van der Waals surface area contributed by atoms with Gasteiger partial charge < -0.3 is 14.6 Å². The van der Waals surface area contributed by atoms with E-state index in [1.165, 1.54) is 17.3 Å². The second-order valence-electron chi connectivity index (χ2n) is 6.57. The van der Waals surface area contributed by atoms with Crippen LogP contribution in [0.4, 0.5) is 5.69 Å². The molecule has 0 saturated heterocycles. The number of hydrogen-bond donors (Lipinski definition) is 1. The summed E-state index contributed by atoms with van der Waals surface area (Å²) in [5, 5.41) is 11.9. The Bertz CT molecular complexity index is 956. The largest absolute Gasteiger partial charge is 0.495 e. The van der Waals surface area contributed by atoms with Crippen LogP contribution in [-0.4, -0.2) is 33.0 Å². The highest BCUT2D eigenvalue weighted by Gasteiger charge is 2.20. The van der Waals surface area contributed by atoms with Gasteiger partial charge in [-0.05, 0) is 37.1 Å². The lowest BCUT2D eigenvalue weighted by molar-refractivity contribution is -0.115. The Morgan fingerprint density at radius 3 is 2.68 bits per heavy atom. The molecule has 0 bridgehead atoms. The molecule has 1 aromatic heterocycles. The lowest BCUT2D eigenvalue weighted by Gasteiger charge is -2.14. The van der Waals surface area contributed by atoms with Crippen molar-refractivity contribution in [3.05, 3.63) is 65.5 Å². The molecule has 1 heterocycles. The molecule has 0 aliphatic carbocycles. The zero-order valence-electron chi connectivity index (χ0n) is 16.5. The summed E-state index contributed by atoms with van der Waals surface area (Å²) < 4.78 is 7.27. The number of carbonyl (C=O) groups excluding carboxylic acids is 1. The monoisotopic (exact) mass is 396 g/mol. The number of hydrogen-bond acceptors (Lipinski definition) is 5. The zero-order valence-corrected chi connectivity index (χ0v) is 17.3. The van der Waals surface area contributed by atoms with Gasteiger partial charge >= 0.3 is 0 Å². The van der Waals surface area contributed by atoms with Gasteiger partial charge in [0.05, 0.1) is 18.0 Å². The number of nitrogens with one attached hydrogen (secondary N) is 1. The van der Waals surface area contributed by atoms with Gasteiger partial charge in [0.15, 0.2) is 5.16 Å². The maximum absolute atomic E-state index is 12.7. The first kappa shape index (κ1) is 19.9. The molecule has 28 heavy (non-hydrogen) atoms. The van der Waals surface area contributed by atoms with E-state index in [2.05, 4.69) is 27.6 Å². The average molecular weight is 397 g/mol. The number of anilines is 1. The minimum atomic E-state index is -0.335. The summed E-state index contributed by atoms with van der Waals surface area (Å²) in [4.78, 5) is 12.7. The van der Waals surface area contributed by atoms with Crippen molar-refractivity contribution >= 4 is 23.4 Å². The van der Waals surface area contributed by atoms with Crippen LogP contribution in [0, 0.1) is 6.92 Å². The predicted molar refractivity (Wildman–Crippen MR) is 112 cm³/mol. The van der Waals surface area contributed by atoms with Crippen LogP contribution in [0.5, 0.6) is 5.75 Å². The quantitative estimate of drug-likeness (QED) is 0.615. The van der Waals surface area contributed by atoms with Crippen LogP contribution >= 0.6 is 11.8 Å². The molecule has 1 N–H and O–H groups in total. The van der Waals surface area contributed by atoms with Gasteiger partial charge in [0.25, 0.3) is 0 Å². The van der Waals surface area contributed by atoms with Gasteiger partial charge in [-0.3, -0.25) is 4.79 Å². The fraction of sp³-hybridized carbons (Fsp3) is 0.286. The Kier molecular flexibility index (Phi) is 6.36. The van der Waals surface area contributed by atoms with Gasteiger partial charge in [-0.2, -0.15) is 0 Å². The lowest BCUT2D eigenvalue weighted by atomic mass is 10.1. The van der Waals surface area contributed by atoms with E-state index in [9.17, 15) is 4.79 Å². The molecule has 0 fully saturated rings. The van der Waals surface area contributed by atoms with Crippen LogP contribution in [0.3, 0.4) is 0 Å². The smallest absolute Gasteiger partial charge is 0.237 e. The van der Waals surface area contributed by atoms with Crippen molar-refractivity contribution in [1.82, 2.24) is 14.8 Å². The number of nitrogens with zero attached hydrogens (tertiary/aromatic N) is 3. The molecule has 7 heteroatoms. The Hall–Kier alpha value is -2.80. The number of carbonyl (C=O) groups is 1. The number of amides is 1. The third-order valence-electron chi connectivity index (χ3n) is 4.39. The Labute approximate surface area is 169 Å². The molecule has 1 atom stereocenters. The molecule has 0 saturated carbocycles. The van der Waals surface area contributed by atoms with E-state index in [-0.39, 0.29) is 11.2 Å². The van der Waals surface area contributed by atoms with Gasteiger partial charge in [0.2, 0.25) is 5.91 Å². The summed E-state index contributed by atoms with van der Waals surface area (Å²) in [5.41, 5.74) is 2.89. The number of benzene rings is 2. The van der Waals surface area contributed by atoms with E-state index in [0.717, 1.165) is 11.4 Å². The standard InChI is InChI=1S/C21H24N4O2S/c1-14-10-11-18(27-4)17(12-14)22-20(26)15(2)28-21-24-23-19(25(21)3)13-16-8-6-5-7-9-16/h5-12,15H,13H2,1-4H3,(H,22,26)/t15-/m1/s1. The second kappa shape index (κ2) is 8.93. The SMILES string of the molecule is COc1ccc(C)cc1NC(=O)[C@@H](C)Sc1nnc(Cc2ccccc2)n1C. The molecule has 1 amide bonds. The van der Waals surface area contributed by atoms with Crippen molar-refractivity contribution in [3.63, 3.8) is 0 Å². The molecule has 2 aromatic carbocycles. The summed E-state index contributed by atoms with van der Waals surface area (Å²) >= 11 is 1.38. The number of ether oxygens (including phenoxy) is 1. The van der Waals surface area contributed by atoms with Gasteiger partial charge in [0.1, 0.15) is 11.6 Å². The van der Waals surface area contributed by atoms with Crippen LogP contribution in [0.15, 0.2) is 53.7 Å². The number of methoxy groups -OCH3 is 1. The first-order chi connectivity index (χ1) is 13.5. The van der Waals surface area contributed by atoms with E-state index in [1.54, 1.807) is 7.11 Å². The molecule has 0 aliphatic heterocycles. The zero-order chi connectivity index (χ0) is 20.1. The first-order valence-corrected chi connectivity index (χ1v) is 9.90. The molecular weight excluding hydrogens is 372 g/mol. The second-order valence-corrected chi connectivity index (χ2v) is 7.88. The van der Waals surface area contributed by atoms with Gasteiger partial charge in [-0.1, -0.05) is 48.2 Å². The Balaban J connectivity index is 1.67. The van der Waals surface area contributed by atoms with Crippen molar-refractivity contribution in [2.24, 2.45) is 7.05 Å². The first-order valence-electron chi connectivity index (χ1n) is 9.02. The van der Waals surface area contributed by atoms with Crippen molar-refractivity contribution in [1.29, 1.82) is 0 Å². The van der Waals surface area contributed by atoms with Crippen LogP contribution in [0.25, 0.3) is 0 Å². The molecule has 3 rings (SSSR count). The number of aryl methyl sites for hydroxylation is 1. The summed E-state index contributed by atoms with van der Waals surface area (Å²) in [6.07, 6.45) is 0.700. The van der Waals surface area contributed by atoms with Gasteiger partial charge in [-0.25, -0.2) is 0 Å². The molecule has 0 radical (unpaired) electrons. The third kappa shape index (κ3) is 4.72. The fourth-order valence-electron chi connectivity index (χ4n) is 2.75. The summed E-state index contributed by atoms with van der Waals surface area (Å²) in [7, 11) is 3.52. The van der Waals surface area contributed by atoms with Crippen LogP contribution in [-0.2, 0) is 18.3 Å². The van der Waals surface area contributed by atoms with Crippen LogP contribution < -0.4 is 10.1 Å². The van der Waals surface area contributed by atoms with E-state index in [1.807, 2.05) is 61.9 Å². The highest BCUT2D eigenvalue weighted by Crippen LogP contribution is 2.28. The van der Waals surface area contributed by atoms with Crippen molar-refractivity contribution in [2.75, 3.05) is 12.4 Å². The Morgan fingerprint density at radius 1 is 1.21 bits per heavy atom. The van der Waals surface area contributed by atoms with Crippen LogP contribution in [0.2, 0.25) is 0 Å². The number of aromatic nitrogens is 3. The fourth-order valence-corrected chi connectivity index (χ4v) is 3.58. The normalized spacial score (nSPS) is 11.9. The van der Waals surface area contributed by atoms with E-state index >= 15 is 0 Å². The summed E-state index contributed by atoms with van der Waals surface area (Å²) in [6, 6.07) is 15.8. The molecule has 0 spiro atoms. The predicted octanol–water partition coefficient (Wildman–Crippen LogP) is 3.84. The Morgan fingerprint density at radius 2 is 1.96 bits per heavy atom. The summed E-state index contributed by atoms with van der Waals surface area (Å²) in [5.74, 6) is 1.39. The molecule has 3 aromatic rings. The maximum atomic E-state index is 12.7. The van der Waals surface area contributed by atoms with E-state index < -0.39 is 0 Å². The molecule has 0 aliphatic rings. The van der Waals surface area contributed by atoms with Crippen LogP contribution in [0.1, 0.15) is 23.9 Å². The van der Waals surface area contributed by atoms with E-state index in [4.69, 9.17) is 4.74 Å². The minimum absolute atomic E-state index is 0.110. The van der Waals surface area contributed by atoms with Gasteiger partial charge in [0, 0.05) is 13.5 Å². The highest BCUT2D eigenvalue weighted by atomic mass is 32.2. The molecule has 146 valence electrons. The molecule has 6 nitrogen and oxygen atoms in total. The third-order valence-corrected chi connectivity index (χ3v) is 5.53. The number of rotatable bonds is 7. The van der Waals surface area contributed by atoms with Crippen molar-refractivity contribution < 1.29 is 9.53 Å². The van der Waals surface area contributed by atoms with Crippen molar-refractivity contribution in [2.45, 2.75) is 30.7 Å². The number of thioether (sulfide) groups is 1. The molecule has 0 unspecified atom stereocenters. The topological polar surface area (TPSA) is 69.0 Å². The highest BCUT2D eigenvalue weighted by molar-refractivity contribution is 8.00. The maximum Gasteiger partial charge on any atom is 0.237 e. The average Bonchev–Trinajstić information content (AvgIpc) is 3.02. The lowest BCUT2D eigenvalue weighted by Crippen LogP contribution is -2.23.